The van der Waals surface area contributed by atoms with E-state index in [4.69, 9.17) is 16.7 Å². The van der Waals surface area contributed by atoms with Crippen molar-refractivity contribution in [3.63, 3.8) is 0 Å². The minimum Gasteiger partial charge on any atom is -0.480 e. The normalized spacial score (nSPS) is 18.3. The van der Waals surface area contributed by atoms with Gasteiger partial charge in [0, 0.05) is 17.1 Å². The summed E-state index contributed by atoms with van der Waals surface area (Å²) in [7, 11) is 0. The van der Waals surface area contributed by atoms with Gasteiger partial charge in [0.25, 0.3) is 0 Å². The van der Waals surface area contributed by atoms with E-state index in [1.807, 2.05) is 0 Å². The van der Waals surface area contributed by atoms with E-state index in [1.54, 1.807) is 0 Å². The van der Waals surface area contributed by atoms with E-state index < -0.39 is 24.1 Å². The van der Waals surface area contributed by atoms with Gasteiger partial charge in [-0.1, -0.05) is 11.6 Å². The maximum Gasteiger partial charge on any atom is 0.471 e. The van der Waals surface area contributed by atoms with Crippen LogP contribution in [0, 0.1) is 0 Å². The van der Waals surface area contributed by atoms with E-state index in [-0.39, 0.29) is 22.0 Å². The molecule has 1 amide bonds. The van der Waals surface area contributed by atoms with Gasteiger partial charge in [-0.2, -0.15) is 13.2 Å². The van der Waals surface area contributed by atoms with Gasteiger partial charge in [-0.05, 0) is 23.8 Å². The van der Waals surface area contributed by atoms with E-state index in [0.717, 1.165) is 0 Å². The summed E-state index contributed by atoms with van der Waals surface area (Å²) in [6.07, 6.45) is -5.33. The van der Waals surface area contributed by atoms with Crippen LogP contribution in [0.2, 0.25) is 5.02 Å². The molecule has 0 spiro atoms. The van der Waals surface area contributed by atoms with Gasteiger partial charge in [-0.15, -0.1) is 0 Å². The summed E-state index contributed by atoms with van der Waals surface area (Å²) >= 11 is 5.69. The minimum atomic E-state index is -5.13. The molecule has 1 aliphatic rings. The number of alkyl halides is 3. The molecule has 2 rings (SSSR count). The number of nitrogens with zero attached hydrogens (tertiary/aromatic N) is 1. The molecule has 19 heavy (non-hydrogen) atoms. The average molecular weight is 294 g/mol. The fourth-order valence-electron chi connectivity index (χ4n) is 2.01. The Kier molecular flexibility index (Phi) is 3.17. The predicted molar refractivity (Wildman–Crippen MR) is 60.1 cm³/mol. The number of rotatable bonds is 1. The largest absolute Gasteiger partial charge is 0.480 e. The Labute approximate surface area is 110 Å². The van der Waals surface area contributed by atoms with Crippen LogP contribution >= 0.6 is 11.6 Å². The highest BCUT2D eigenvalue weighted by molar-refractivity contribution is 6.30. The first-order valence-electron chi connectivity index (χ1n) is 5.13. The highest BCUT2D eigenvalue weighted by Gasteiger charge is 2.49. The molecule has 0 bridgehead atoms. The number of carboxylic acid groups (broad SMARTS) is 1. The molecule has 102 valence electrons. The van der Waals surface area contributed by atoms with Gasteiger partial charge in [0.1, 0.15) is 6.04 Å². The van der Waals surface area contributed by atoms with E-state index >= 15 is 0 Å². The Morgan fingerprint density at radius 2 is 2.00 bits per heavy atom. The number of carbonyl (C=O) groups is 2. The molecule has 0 fully saturated rings. The molecule has 1 N–H and O–H groups in total. The van der Waals surface area contributed by atoms with Crippen molar-refractivity contribution in [2.24, 2.45) is 0 Å². The van der Waals surface area contributed by atoms with Crippen molar-refractivity contribution in [2.45, 2.75) is 18.6 Å². The number of fused-ring (bicyclic) bond motifs is 1. The zero-order valence-corrected chi connectivity index (χ0v) is 10.00. The van der Waals surface area contributed by atoms with E-state index in [0.29, 0.717) is 5.56 Å². The summed E-state index contributed by atoms with van der Waals surface area (Å²) in [5.74, 6) is -3.69. The van der Waals surface area contributed by atoms with E-state index in [2.05, 4.69) is 0 Å². The Bertz CT molecular complexity index is 559. The third kappa shape index (κ3) is 2.37. The maximum absolute atomic E-state index is 12.5. The van der Waals surface area contributed by atoms with Crippen molar-refractivity contribution in [3.8, 4) is 0 Å². The lowest BCUT2D eigenvalue weighted by Crippen LogP contribution is -2.48. The van der Waals surface area contributed by atoms with E-state index in [1.165, 1.54) is 18.2 Å². The minimum absolute atomic E-state index is 0.0703. The fourth-order valence-corrected chi connectivity index (χ4v) is 2.20. The Balaban J connectivity index is 2.50. The zero-order chi connectivity index (χ0) is 14.4. The van der Waals surface area contributed by atoms with Crippen molar-refractivity contribution < 1.29 is 27.9 Å². The lowest BCUT2D eigenvalue weighted by molar-refractivity contribution is -0.171. The number of aliphatic carboxylic acids is 1. The first kappa shape index (κ1) is 13.7. The summed E-state index contributed by atoms with van der Waals surface area (Å²) in [6, 6.07) is 2.31. The molecular formula is C11H7ClF3NO3. The molecule has 0 aliphatic carbocycles. The number of carbonyl (C=O) groups excluding carboxylic acids is 1. The summed E-state index contributed by atoms with van der Waals surface area (Å²) in [5.41, 5.74) is 0.233. The molecule has 0 saturated carbocycles. The highest BCUT2D eigenvalue weighted by Crippen LogP contribution is 2.37. The molecule has 0 unspecified atom stereocenters. The third-order valence-corrected chi connectivity index (χ3v) is 3.01. The molecule has 0 aromatic heterocycles. The van der Waals surface area contributed by atoms with Gasteiger partial charge in [0.05, 0.1) is 0 Å². The molecule has 1 aromatic carbocycles. The number of anilines is 1. The standard InChI is InChI=1S/C11H7ClF3NO3/c12-6-1-2-7-5(3-6)4-8(9(17)18)16(7)10(19)11(13,14)15/h1-3,8H,4H2,(H,17,18)/t8-/m0/s1. The first-order valence-corrected chi connectivity index (χ1v) is 5.51. The first-order chi connectivity index (χ1) is 8.71. The molecule has 8 heteroatoms. The molecule has 4 nitrogen and oxygen atoms in total. The number of hydrogen-bond donors (Lipinski definition) is 1. The van der Waals surface area contributed by atoms with Crippen LogP contribution in [0.4, 0.5) is 18.9 Å². The van der Waals surface area contributed by atoms with Crippen molar-refractivity contribution in [1.29, 1.82) is 0 Å². The van der Waals surface area contributed by atoms with Crippen LogP contribution < -0.4 is 4.90 Å². The summed E-state index contributed by atoms with van der Waals surface area (Å²) in [4.78, 5) is 22.6. The monoisotopic (exact) mass is 293 g/mol. The second kappa shape index (κ2) is 4.41. The quantitative estimate of drug-likeness (QED) is 0.864. The van der Waals surface area contributed by atoms with Gasteiger partial charge < -0.3 is 5.11 Å². The smallest absolute Gasteiger partial charge is 0.471 e. The fraction of sp³-hybridized carbons (Fsp3) is 0.273. The van der Waals surface area contributed by atoms with Crippen LogP contribution in [-0.2, 0) is 16.0 Å². The molecule has 1 atom stereocenters. The van der Waals surface area contributed by atoms with Crippen LogP contribution in [0.3, 0.4) is 0 Å². The molecule has 0 radical (unpaired) electrons. The van der Waals surface area contributed by atoms with Gasteiger partial charge in [0.15, 0.2) is 0 Å². The predicted octanol–water partition coefficient (Wildman–Crippen LogP) is 2.24. The van der Waals surface area contributed by atoms with Crippen molar-refractivity contribution in [2.75, 3.05) is 4.90 Å². The second-order valence-corrected chi connectivity index (χ2v) is 4.44. The number of carboxylic acids is 1. The Morgan fingerprint density at radius 3 is 2.53 bits per heavy atom. The maximum atomic E-state index is 12.5. The summed E-state index contributed by atoms with van der Waals surface area (Å²) in [6.45, 7) is 0. The van der Waals surface area contributed by atoms with E-state index in [9.17, 15) is 22.8 Å². The van der Waals surface area contributed by atoms with Gasteiger partial charge in [-0.3, -0.25) is 9.69 Å². The zero-order valence-electron chi connectivity index (χ0n) is 9.24. The molecule has 1 aliphatic heterocycles. The molecule has 0 saturated heterocycles. The second-order valence-electron chi connectivity index (χ2n) is 4.00. The lowest BCUT2D eigenvalue weighted by Gasteiger charge is -2.23. The lowest BCUT2D eigenvalue weighted by atomic mass is 10.1. The van der Waals surface area contributed by atoms with Crippen molar-refractivity contribution >= 4 is 29.2 Å². The number of halogens is 4. The van der Waals surface area contributed by atoms with Crippen LogP contribution in [0.5, 0.6) is 0 Å². The summed E-state index contributed by atoms with van der Waals surface area (Å²) < 4.78 is 37.5. The van der Waals surface area contributed by atoms with Crippen LogP contribution in [0.15, 0.2) is 18.2 Å². The van der Waals surface area contributed by atoms with Crippen LogP contribution in [0.1, 0.15) is 5.56 Å². The van der Waals surface area contributed by atoms with Crippen LogP contribution in [0.25, 0.3) is 0 Å². The molecular weight excluding hydrogens is 287 g/mol. The third-order valence-electron chi connectivity index (χ3n) is 2.77. The average Bonchev–Trinajstić information content (AvgIpc) is 2.64. The van der Waals surface area contributed by atoms with Gasteiger partial charge in [0.2, 0.25) is 0 Å². The SMILES string of the molecule is O=C(O)[C@@H]1Cc2cc(Cl)ccc2N1C(=O)C(F)(F)F. The van der Waals surface area contributed by atoms with Crippen molar-refractivity contribution in [3.05, 3.63) is 28.8 Å². The molecule has 1 heterocycles. The van der Waals surface area contributed by atoms with Crippen LogP contribution in [-0.4, -0.2) is 29.2 Å². The topological polar surface area (TPSA) is 57.6 Å². The van der Waals surface area contributed by atoms with Crippen molar-refractivity contribution in [1.82, 2.24) is 0 Å². The number of hydrogen-bond acceptors (Lipinski definition) is 2. The number of amides is 1. The molecule has 1 aromatic rings. The Hall–Kier alpha value is -1.76. The number of benzene rings is 1. The highest BCUT2D eigenvalue weighted by atomic mass is 35.5. The van der Waals surface area contributed by atoms with Gasteiger partial charge in [-0.25, -0.2) is 4.79 Å². The summed E-state index contributed by atoms with van der Waals surface area (Å²) in [5, 5.41) is 9.21. The Morgan fingerprint density at radius 1 is 1.37 bits per heavy atom. The van der Waals surface area contributed by atoms with Gasteiger partial charge >= 0.3 is 18.1 Å².